The third-order valence-corrected chi connectivity index (χ3v) is 6.67. The molecule has 1 aromatic carbocycles. The Labute approximate surface area is 174 Å². The van der Waals surface area contributed by atoms with Gasteiger partial charge >= 0.3 is 0 Å². The van der Waals surface area contributed by atoms with Crippen molar-refractivity contribution in [2.45, 2.75) is 40.0 Å². The van der Waals surface area contributed by atoms with E-state index in [0.29, 0.717) is 11.7 Å². The molecule has 0 saturated heterocycles. The van der Waals surface area contributed by atoms with Crippen LogP contribution >= 0.6 is 11.3 Å². The van der Waals surface area contributed by atoms with E-state index in [2.05, 4.69) is 17.1 Å². The van der Waals surface area contributed by atoms with Gasteiger partial charge < -0.3 is 19.5 Å². The molecule has 0 amide bonds. The largest absolute Gasteiger partial charge is 0.493 e. The van der Waals surface area contributed by atoms with Crippen LogP contribution in [0.2, 0.25) is 0 Å². The van der Waals surface area contributed by atoms with Crippen molar-refractivity contribution in [1.82, 2.24) is 10.1 Å². The maximum atomic E-state index is 9.23. The SMILES string of the molecule is Cc1cc(-c2noc(-c3sc(C)c4c3CCC4)n2)cc(C)c1OCC(CO)CO. The second-order valence-corrected chi connectivity index (χ2v) is 8.93. The number of rotatable bonds is 7. The molecule has 1 aliphatic rings. The number of nitrogens with zero attached hydrogens (tertiary/aromatic N) is 2. The summed E-state index contributed by atoms with van der Waals surface area (Å²) in [5, 5.41) is 22.7. The van der Waals surface area contributed by atoms with Gasteiger partial charge in [0, 0.05) is 16.4 Å². The third-order valence-electron chi connectivity index (χ3n) is 5.49. The quantitative estimate of drug-likeness (QED) is 0.610. The van der Waals surface area contributed by atoms with E-state index in [1.54, 1.807) is 11.3 Å². The zero-order chi connectivity index (χ0) is 20.5. The number of aliphatic hydroxyl groups is 2. The van der Waals surface area contributed by atoms with Gasteiger partial charge in [0.05, 0.1) is 24.7 Å². The first-order valence-electron chi connectivity index (χ1n) is 9.93. The fraction of sp³-hybridized carbons (Fsp3) is 0.455. The van der Waals surface area contributed by atoms with Crippen molar-refractivity contribution < 1.29 is 19.5 Å². The minimum absolute atomic E-state index is 0.107. The number of ether oxygens (including phenoxy) is 1. The van der Waals surface area contributed by atoms with E-state index in [0.717, 1.165) is 40.2 Å². The molecule has 1 aliphatic carbocycles. The van der Waals surface area contributed by atoms with E-state index in [4.69, 9.17) is 9.26 Å². The van der Waals surface area contributed by atoms with Crippen molar-refractivity contribution >= 4 is 11.3 Å². The van der Waals surface area contributed by atoms with Crippen LogP contribution in [0.15, 0.2) is 16.7 Å². The number of thiophene rings is 1. The van der Waals surface area contributed by atoms with E-state index >= 15 is 0 Å². The Kier molecular flexibility index (Phi) is 5.72. The van der Waals surface area contributed by atoms with Crippen LogP contribution in [0.4, 0.5) is 0 Å². The lowest BCUT2D eigenvalue weighted by Gasteiger charge is -2.16. The highest BCUT2D eigenvalue weighted by Gasteiger charge is 2.25. The van der Waals surface area contributed by atoms with E-state index < -0.39 is 0 Å². The molecule has 2 N–H and O–H groups in total. The highest BCUT2D eigenvalue weighted by Crippen LogP contribution is 2.41. The van der Waals surface area contributed by atoms with Crippen molar-refractivity contribution in [2.75, 3.05) is 19.8 Å². The zero-order valence-electron chi connectivity index (χ0n) is 17.0. The molecule has 0 fully saturated rings. The van der Waals surface area contributed by atoms with Gasteiger partial charge in [-0.3, -0.25) is 0 Å². The summed E-state index contributed by atoms with van der Waals surface area (Å²) in [5.74, 6) is 1.64. The fourth-order valence-corrected chi connectivity index (χ4v) is 5.11. The van der Waals surface area contributed by atoms with Crippen molar-refractivity contribution in [2.24, 2.45) is 5.92 Å². The Morgan fingerprint density at radius 3 is 2.48 bits per heavy atom. The maximum Gasteiger partial charge on any atom is 0.268 e. The summed E-state index contributed by atoms with van der Waals surface area (Å²) >= 11 is 1.74. The van der Waals surface area contributed by atoms with Crippen LogP contribution < -0.4 is 4.74 Å². The fourth-order valence-electron chi connectivity index (χ4n) is 3.94. The number of benzene rings is 1. The van der Waals surface area contributed by atoms with Gasteiger partial charge in [0.15, 0.2) is 0 Å². The van der Waals surface area contributed by atoms with Crippen molar-refractivity contribution in [3.63, 3.8) is 0 Å². The molecule has 154 valence electrons. The normalized spacial score (nSPS) is 13.3. The molecule has 0 radical (unpaired) electrons. The van der Waals surface area contributed by atoms with Gasteiger partial charge in [-0.2, -0.15) is 4.98 Å². The van der Waals surface area contributed by atoms with Crippen LogP contribution in [0.3, 0.4) is 0 Å². The molecule has 0 unspecified atom stereocenters. The average molecular weight is 415 g/mol. The second-order valence-electron chi connectivity index (χ2n) is 7.70. The topological polar surface area (TPSA) is 88.6 Å². The van der Waals surface area contributed by atoms with Crippen LogP contribution in [0.1, 0.15) is 33.6 Å². The molecule has 3 aromatic rings. The number of aliphatic hydroxyl groups excluding tert-OH is 2. The van der Waals surface area contributed by atoms with Crippen LogP contribution in [0.5, 0.6) is 5.75 Å². The van der Waals surface area contributed by atoms with Crippen molar-refractivity contribution in [3.8, 4) is 27.9 Å². The molecule has 6 nitrogen and oxygen atoms in total. The summed E-state index contributed by atoms with van der Waals surface area (Å²) in [5.41, 5.74) is 5.62. The van der Waals surface area contributed by atoms with Crippen molar-refractivity contribution in [3.05, 3.63) is 39.3 Å². The zero-order valence-corrected chi connectivity index (χ0v) is 17.8. The van der Waals surface area contributed by atoms with E-state index in [9.17, 15) is 10.2 Å². The maximum absolute atomic E-state index is 9.23. The van der Waals surface area contributed by atoms with E-state index in [1.165, 1.54) is 22.4 Å². The lowest BCUT2D eigenvalue weighted by Crippen LogP contribution is -2.20. The van der Waals surface area contributed by atoms with Crippen molar-refractivity contribution in [1.29, 1.82) is 0 Å². The van der Waals surface area contributed by atoms with E-state index in [1.807, 2.05) is 26.0 Å². The summed E-state index contributed by atoms with van der Waals surface area (Å²) < 4.78 is 11.5. The number of hydrogen-bond acceptors (Lipinski definition) is 7. The van der Waals surface area contributed by atoms with Crippen LogP contribution in [0.25, 0.3) is 22.2 Å². The monoisotopic (exact) mass is 414 g/mol. The van der Waals surface area contributed by atoms with Crippen LogP contribution in [0, 0.1) is 26.7 Å². The van der Waals surface area contributed by atoms with E-state index in [-0.39, 0.29) is 25.7 Å². The number of aromatic nitrogens is 2. The molecule has 0 spiro atoms. The highest BCUT2D eigenvalue weighted by molar-refractivity contribution is 7.15. The minimum Gasteiger partial charge on any atom is -0.493 e. The second kappa shape index (κ2) is 8.26. The average Bonchev–Trinajstić information content (AvgIpc) is 3.42. The van der Waals surface area contributed by atoms with Gasteiger partial charge in [0.2, 0.25) is 5.82 Å². The van der Waals surface area contributed by atoms with Gasteiger partial charge in [0.1, 0.15) is 5.75 Å². The Hall–Kier alpha value is -2.22. The summed E-state index contributed by atoms with van der Waals surface area (Å²) in [6.45, 7) is 6.15. The third kappa shape index (κ3) is 3.82. The number of aryl methyl sites for hydroxylation is 3. The highest BCUT2D eigenvalue weighted by atomic mass is 32.1. The predicted molar refractivity (Wildman–Crippen MR) is 112 cm³/mol. The van der Waals surface area contributed by atoms with Gasteiger partial charge in [-0.1, -0.05) is 5.16 Å². The first-order chi connectivity index (χ1) is 14.0. The Morgan fingerprint density at radius 2 is 1.79 bits per heavy atom. The predicted octanol–water partition coefficient (Wildman–Crippen LogP) is 3.86. The molecule has 7 heteroatoms. The lowest BCUT2D eigenvalue weighted by atomic mass is 10.0. The molecule has 0 saturated carbocycles. The van der Waals surface area contributed by atoms with Gasteiger partial charge in [-0.15, -0.1) is 11.3 Å². The van der Waals surface area contributed by atoms with Gasteiger partial charge in [-0.05, 0) is 74.4 Å². The molecule has 2 aromatic heterocycles. The molecule has 0 aliphatic heterocycles. The summed E-state index contributed by atoms with van der Waals surface area (Å²) in [6, 6.07) is 3.96. The molecular weight excluding hydrogens is 388 g/mol. The minimum atomic E-state index is -0.288. The first kappa shape index (κ1) is 20.1. The standard InChI is InChI=1S/C22H26N2O4S/c1-12-7-16(8-13(2)19(12)27-11-15(9-25)10-26)21-23-22(28-24-21)20-18-6-4-5-17(18)14(3)29-20/h7-8,15,25-26H,4-6,9-11H2,1-3H3. The molecule has 4 rings (SSSR count). The Bertz CT molecular complexity index is 997. The number of fused-ring (bicyclic) bond motifs is 1. The smallest absolute Gasteiger partial charge is 0.268 e. The number of hydrogen-bond donors (Lipinski definition) is 2. The first-order valence-corrected chi connectivity index (χ1v) is 10.7. The molecular formula is C22H26N2O4S. The van der Waals surface area contributed by atoms with Crippen LogP contribution in [-0.4, -0.2) is 40.2 Å². The summed E-state index contributed by atoms with van der Waals surface area (Å²) in [6.07, 6.45) is 3.42. The molecule has 0 bridgehead atoms. The summed E-state index contributed by atoms with van der Waals surface area (Å²) in [4.78, 5) is 7.14. The molecule has 29 heavy (non-hydrogen) atoms. The molecule has 0 atom stereocenters. The molecule has 2 heterocycles. The Morgan fingerprint density at radius 1 is 1.10 bits per heavy atom. The van der Waals surface area contributed by atoms with Gasteiger partial charge in [0.25, 0.3) is 5.89 Å². The lowest BCUT2D eigenvalue weighted by molar-refractivity contribution is 0.105. The van der Waals surface area contributed by atoms with Gasteiger partial charge in [-0.25, -0.2) is 0 Å². The Balaban J connectivity index is 1.59. The summed E-state index contributed by atoms with van der Waals surface area (Å²) in [7, 11) is 0. The van der Waals surface area contributed by atoms with Crippen LogP contribution in [-0.2, 0) is 12.8 Å².